The van der Waals surface area contributed by atoms with Crippen LogP contribution in [0.1, 0.15) is 64.2 Å². The minimum atomic E-state index is -2.69. The van der Waals surface area contributed by atoms with Gasteiger partial charge in [0.15, 0.2) is 0 Å². The highest BCUT2D eigenvalue weighted by molar-refractivity contribution is 5.05. The van der Waals surface area contributed by atoms with E-state index in [1.807, 2.05) is 0 Å². The van der Waals surface area contributed by atoms with E-state index in [0.717, 1.165) is 25.4 Å². The minimum Gasteiger partial charge on any atom is -0.321 e. The summed E-state index contributed by atoms with van der Waals surface area (Å²) in [6, 6.07) is 0.632. The Morgan fingerprint density at radius 2 is 1.67 bits per heavy atom. The number of alkyl halides is 2. The van der Waals surface area contributed by atoms with Gasteiger partial charge in [0.25, 0.3) is 5.92 Å². The number of halogens is 2. The molecule has 3 saturated carbocycles. The highest BCUT2D eigenvalue weighted by Gasteiger charge is 2.51. The Morgan fingerprint density at radius 1 is 0.958 bits per heavy atom. The first-order valence-corrected chi connectivity index (χ1v) is 10.1. The molecule has 0 amide bonds. The zero-order chi connectivity index (χ0) is 16.9. The van der Waals surface area contributed by atoms with Gasteiger partial charge in [-0.1, -0.05) is 12.8 Å². The van der Waals surface area contributed by atoms with Gasteiger partial charge in [0.2, 0.25) is 0 Å². The van der Waals surface area contributed by atoms with Crippen molar-refractivity contribution in [2.75, 3.05) is 13.6 Å². The summed E-state index contributed by atoms with van der Waals surface area (Å²) in [5, 5.41) is 0. The Bertz CT molecular complexity index is 448. The summed E-state index contributed by atoms with van der Waals surface area (Å²) >= 11 is 0. The summed E-state index contributed by atoms with van der Waals surface area (Å²) in [7, 11) is 2.24. The molecule has 138 valence electrons. The van der Waals surface area contributed by atoms with E-state index in [4.69, 9.17) is 5.73 Å². The molecule has 24 heavy (non-hydrogen) atoms. The van der Waals surface area contributed by atoms with Crippen LogP contribution in [-0.4, -0.2) is 59.5 Å². The van der Waals surface area contributed by atoms with Crippen LogP contribution in [0.15, 0.2) is 0 Å². The summed E-state index contributed by atoms with van der Waals surface area (Å²) in [5.74, 6) is -1.99. The lowest BCUT2D eigenvalue weighted by molar-refractivity contribution is -0.0873. The van der Waals surface area contributed by atoms with Crippen LogP contribution in [0.2, 0.25) is 0 Å². The van der Waals surface area contributed by atoms with Crippen LogP contribution in [0, 0.1) is 5.92 Å². The minimum absolute atomic E-state index is 0.0298. The quantitative estimate of drug-likeness (QED) is 0.852. The van der Waals surface area contributed by atoms with E-state index in [-0.39, 0.29) is 12.5 Å². The number of rotatable bonds is 4. The van der Waals surface area contributed by atoms with Crippen LogP contribution in [0.4, 0.5) is 8.78 Å². The summed E-state index contributed by atoms with van der Waals surface area (Å²) in [6.07, 6.45) is 10.4. The average Bonchev–Trinajstić information content (AvgIpc) is 3.08. The summed E-state index contributed by atoms with van der Waals surface area (Å²) < 4.78 is 28.5. The van der Waals surface area contributed by atoms with Gasteiger partial charge in [-0.25, -0.2) is 8.78 Å². The number of likely N-dealkylation sites (tertiary alicyclic amines) is 1. The number of hydrogen-bond donors (Lipinski definition) is 1. The lowest BCUT2D eigenvalue weighted by Gasteiger charge is -2.44. The van der Waals surface area contributed by atoms with Gasteiger partial charge in [0.1, 0.15) is 0 Å². The third-order valence-corrected chi connectivity index (χ3v) is 7.34. The molecule has 4 aliphatic rings. The van der Waals surface area contributed by atoms with Crippen molar-refractivity contribution < 1.29 is 8.78 Å². The van der Waals surface area contributed by atoms with Gasteiger partial charge in [0.05, 0.1) is 6.04 Å². The third-order valence-electron chi connectivity index (χ3n) is 7.34. The maximum atomic E-state index is 14.2. The number of hydrogen-bond acceptors (Lipinski definition) is 3. The van der Waals surface area contributed by atoms with Gasteiger partial charge in [0, 0.05) is 37.1 Å². The van der Waals surface area contributed by atoms with Crippen LogP contribution in [0.3, 0.4) is 0 Å². The van der Waals surface area contributed by atoms with Crippen molar-refractivity contribution in [3.8, 4) is 0 Å². The second-order valence-corrected chi connectivity index (χ2v) is 8.84. The van der Waals surface area contributed by atoms with Gasteiger partial charge in [-0.3, -0.25) is 9.80 Å². The first-order chi connectivity index (χ1) is 11.5. The molecular weight excluding hydrogens is 308 g/mol. The summed E-state index contributed by atoms with van der Waals surface area (Å²) in [5.41, 5.74) is 6.09. The number of nitrogens with zero attached hydrogens (tertiary/aromatic N) is 2. The molecule has 4 atom stereocenters. The van der Waals surface area contributed by atoms with E-state index >= 15 is 0 Å². The second kappa shape index (κ2) is 6.48. The molecule has 4 fully saturated rings. The Morgan fingerprint density at radius 3 is 2.33 bits per heavy atom. The van der Waals surface area contributed by atoms with Crippen LogP contribution >= 0.6 is 0 Å². The molecule has 4 rings (SSSR count). The molecule has 0 aromatic carbocycles. The maximum Gasteiger partial charge on any atom is 0.264 e. The van der Waals surface area contributed by atoms with E-state index < -0.39 is 12.0 Å². The molecule has 0 aromatic rings. The molecule has 0 spiro atoms. The molecule has 0 bridgehead atoms. The topological polar surface area (TPSA) is 32.5 Å². The predicted octanol–water partition coefficient (Wildman–Crippen LogP) is 3.23. The van der Waals surface area contributed by atoms with E-state index in [0.29, 0.717) is 24.4 Å². The number of likely N-dealkylation sites (N-methyl/N-ethyl adjacent to an activating group) is 1. The second-order valence-electron chi connectivity index (χ2n) is 8.84. The van der Waals surface area contributed by atoms with Crippen molar-refractivity contribution in [2.45, 2.75) is 100 Å². The van der Waals surface area contributed by atoms with Crippen molar-refractivity contribution in [1.82, 2.24) is 9.80 Å². The molecule has 1 unspecified atom stereocenters. The Balaban J connectivity index is 1.53. The monoisotopic (exact) mass is 341 g/mol. The maximum absolute atomic E-state index is 14.2. The molecule has 0 radical (unpaired) electrons. The SMILES string of the molecule is CN(C1CC1)[C@H]1CC(C2CCCC2)N([C@H]2CCCC(F)(F)[C@@H]2N)C1. The van der Waals surface area contributed by atoms with Gasteiger partial charge < -0.3 is 5.73 Å². The lowest BCUT2D eigenvalue weighted by atomic mass is 9.85. The Labute approximate surface area is 144 Å². The van der Waals surface area contributed by atoms with Crippen LogP contribution in [0.5, 0.6) is 0 Å². The van der Waals surface area contributed by atoms with Crippen LogP contribution in [0.25, 0.3) is 0 Å². The van der Waals surface area contributed by atoms with Gasteiger partial charge >= 0.3 is 0 Å². The van der Waals surface area contributed by atoms with E-state index in [9.17, 15) is 8.78 Å². The van der Waals surface area contributed by atoms with E-state index in [2.05, 4.69) is 16.8 Å². The Hall–Kier alpha value is -0.260. The predicted molar refractivity (Wildman–Crippen MR) is 92.2 cm³/mol. The fourth-order valence-corrected chi connectivity index (χ4v) is 5.68. The summed E-state index contributed by atoms with van der Waals surface area (Å²) in [6.45, 7) is 0.947. The highest BCUT2D eigenvalue weighted by Crippen LogP contribution is 2.43. The molecule has 5 heteroatoms. The van der Waals surface area contributed by atoms with Crippen molar-refractivity contribution >= 4 is 0 Å². The van der Waals surface area contributed by atoms with Crippen molar-refractivity contribution in [2.24, 2.45) is 11.7 Å². The van der Waals surface area contributed by atoms with Crippen molar-refractivity contribution in [1.29, 1.82) is 0 Å². The third kappa shape index (κ3) is 3.12. The summed E-state index contributed by atoms with van der Waals surface area (Å²) in [4.78, 5) is 4.98. The number of nitrogens with two attached hydrogens (primary N) is 1. The van der Waals surface area contributed by atoms with Crippen molar-refractivity contribution in [3.05, 3.63) is 0 Å². The smallest absolute Gasteiger partial charge is 0.264 e. The molecular formula is C19H33F2N3. The zero-order valence-corrected chi connectivity index (χ0v) is 15.0. The van der Waals surface area contributed by atoms with Crippen LogP contribution in [-0.2, 0) is 0 Å². The molecule has 1 aliphatic heterocycles. The molecule has 3 nitrogen and oxygen atoms in total. The standard InChI is InChI=1S/C19H33F2N3/c1-23(14-8-9-14)15-11-17(13-5-2-3-6-13)24(12-15)16-7-4-10-19(20,21)18(16)22/h13-18H,2-12,22H2,1H3/t15-,16-,17?,18+/m0/s1. The normalized spacial score (nSPS) is 41.4. The Kier molecular flexibility index (Phi) is 4.63. The largest absolute Gasteiger partial charge is 0.321 e. The average molecular weight is 341 g/mol. The molecule has 0 aromatic heterocycles. The zero-order valence-electron chi connectivity index (χ0n) is 15.0. The van der Waals surface area contributed by atoms with Gasteiger partial charge in [-0.15, -0.1) is 0 Å². The molecule has 1 heterocycles. The van der Waals surface area contributed by atoms with Gasteiger partial charge in [-0.05, 0) is 57.9 Å². The first-order valence-electron chi connectivity index (χ1n) is 10.1. The lowest BCUT2D eigenvalue weighted by Crippen LogP contribution is -2.60. The van der Waals surface area contributed by atoms with E-state index in [1.165, 1.54) is 38.5 Å². The molecule has 2 N–H and O–H groups in total. The molecule has 3 aliphatic carbocycles. The molecule has 1 saturated heterocycles. The van der Waals surface area contributed by atoms with Crippen molar-refractivity contribution in [3.63, 3.8) is 0 Å². The van der Waals surface area contributed by atoms with Gasteiger partial charge in [-0.2, -0.15) is 0 Å². The highest BCUT2D eigenvalue weighted by atomic mass is 19.3. The first kappa shape index (κ1) is 17.2. The van der Waals surface area contributed by atoms with E-state index in [1.54, 1.807) is 0 Å². The van der Waals surface area contributed by atoms with Crippen LogP contribution < -0.4 is 5.73 Å². The fraction of sp³-hybridized carbons (Fsp3) is 1.00. The fourth-order valence-electron chi connectivity index (χ4n) is 5.68.